The van der Waals surface area contributed by atoms with Crippen LogP contribution in [0.5, 0.6) is 0 Å². The number of benzene rings is 1. The summed E-state index contributed by atoms with van der Waals surface area (Å²) in [5.74, 6) is 1.54. The Hall–Kier alpha value is -1.82. The SMILES string of the molecule is CCc1cnc(CSCc2ccc(C(=O)OC)c(F)c2)o1. The molecule has 0 spiro atoms. The first-order chi connectivity index (χ1) is 10.1. The van der Waals surface area contributed by atoms with Gasteiger partial charge in [0, 0.05) is 12.2 Å². The highest BCUT2D eigenvalue weighted by Gasteiger charge is 2.12. The molecule has 0 unspecified atom stereocenters. The predicted octanol–water partition coefficient (Wildman–Crippen LogP) is 3.60. The second-order valence-electron chi connectivity index (χ2n) is 4.37. The van der Waals surface area contributed by atoms with E-state index < -0.39 is 11.8 Å². The number of esters is 1. The molecule has 0 fully saturated rings. The highest BCUT2D eigenvalue weighted by atomic mass is 32.2. The molecule has 1 heterocycles. The van der Waals surface area contributed by atoms with Gasteiger partial charge in [-0.2, -0.15) is 0 Å². The largest absolute Gasteiger partial charge is 0.465 e. The van der Waals surface area contributed by atoms with E-state index in [0.717, 1.165) is 17.7 Å². The number of aromatic nitrogens is 1. The van der Waals surface area contributed by atoms with Crippen LogP contribution in [0.4, 0.5) is 4.39 Å². The van der Waals surface area contributed by atoms with E-state index in [0.29, 0.717) is 17.4 Å². The number of rotatable bonds is 6. The Kier molecular flexibility index (Phi) is 5.38. The Balaban J connectivity index is 1.91. The summed E-state index contributed by atoms with van der Waals surface area (Å²) >= 11 is 1.57. The first kappa shape index (κ1) is 15.6. The molecule has 1 aromatic carbocycles. The minimum Gasteiger partial charge on any atom is -0.465 e. The molecule has 2 aromatic rings. The molecule has 0 saturated carbocycles. The van der Waals surface area contributed by atoms with Crippen LogP contribution in [0, 0.1) is 5.82 Å². The molecule has 4 nitrogen and oxygen atoms in total. The summed E-state index contributed by atoms with van der Waals surface area (Å²) in [6.07, 6.45) is 2.54. The highest BCUT2D eigenvalue weighted by molar-refractivity contribution is 7.97. The second kappa shape index (κ2) is 7.26. The van der Waals surface area contributed by atoms with Crippen LogP contribution in [0.25, 0.3) is 0 Å². The van der Waals surface area contributed by atoms with Crippen molar-refractivity contribution in [2.45, 2.75) is 24.9 Å². The van der Waals surface area contributed by atoms with Crippen LogP contribution in [0.2, 0.25) is 0 Å². The first-order valence-electron chi connectivity index (χ1n) is 6.52. The van der Waals surface area contributed by atoms with Gasteiger partial charge in [0.15, 0.2) is 0 Å². The zero-order valence-electron chi connectivity index (χ0n) is 11.9. The van der Waals surface area contributed by atoms with Crippen molar-refractivity contribution in [1.29, 1.82) is 0 Å². The van der Waals surface area contributed by atoms with Gasteiger partial charge in [0.1, 0.15) is 11.6 Å². The quantitative estimate of drug-likeness (QED) is 0.763. The second-order valence-corrected chi connectivity index (χ2v) is 5.36. The number of hydrogen-bond donors (Lipinski definition) is 0. The topological polar surface area (TPSA) is 52.3 Å². The van der Waals surface area contributed by atoms with Crippen LogP contribution in [0.1, 0.15) is 34.5 Å². The van der Waals surface area contributed by atoms with E-state index in [1.165, 1.54) is 19.2 Å². The normalized spacial score (nSPS) is 10.6. The average molecular weight is 309 g/mol. The molecule has 112 valence electrons. The molecule has 21 heavy (non-hydrogen) atoms. The molecular weight excluding hydrogens is 293 g/mol. The molecule has 6 heteroatoms. The van der Waals surface area contributed by atoms with Crippen LogP contribution in [-0.2, 0) is 22.7 Å². The van der Waals surface area contributed by atoms with Gasteiger partial charge in [-0.3, -0.25) is 0 Å². The summed E-state index contributed by atoms with van der Waals surface area (Å²) in [6.45, 7) is 2.00. The van der Waals surface area contributed by atoms with Gasteiger partial charge in [0.25, 0.3) is 0 Å². The van der Waals surface area contributed by atoms with Gasteiger partial charge in [0.2, 0.25) is 5.89 Å². The van der Waals surface area contributed by atoms with E-state index in [9.17, 15) is 9.18 Å². The summed E-state index contributed by atoms with van der Waals surface area (Å²) in [5.41, 5.74) is 0.749. The number of carbonyl (C=O) groups excluding carboxylic acids is 1. The van der Waals surface area contributed by atoms with Crippen LogP contribution in [0.3, 0.4) is 0 Å². The molecule has 2 rings (SSSR count). The smallest absolute Gasteiger partial charge is 0.340 e. The van der Waals surface area contributed by atoms with E-state index in [1.54, 1.807) is 24.0 Å². The maximum absolute atomic E-state index is 13.7. The number of ether oxygens (including phenoxy) is 1. The molecule has 0 aliphatic heterocycles. The van der Waals surface area contributed by atoms with Gasteiger partial charge >= 0.3 is 5.97 Å². The third-order valence-corrected chi connectivity index (χ3v) is 3.87. The van der Waals surface area contributed by atoms with Crippen LogP contribution in [0.15, 0.2) is 28.8 Å². The summed E-state index contributed by atoms with van der Waals surface area (Å²) in [7, 11) is 1.23. The standard InChI is InChI=1S/C15H16FNO3S/c1-3-11-7-17-14(20-11)9-21-8-10-4-5-12(13(16)6-10)15(18)19-2/h4-7H,3,8-9H2,1-2H3. The molecule has 0 N–H and O–H groups in total. The number of hydrogen-bond acceptors (Lipinski definition) is 5. The van der Waals surface area contributed by atoms with E-state index in [-0.39, 0.29) is 5.56 Å². The van der Waals surface area contributed by atoms with Crippen molar-refractivity contribution in [2.75, 3.05) is 7.11 Å². The molecule has 0 saturated heterocycles. The maximum Gasteiger partial charge on any atom is 0.340 e. The van der Waals surface area contributed by atoms with E-state index in [2.05, 4.69) is 9.72 Å². The van der Waals surface area contributed by atoms with Gasteiger partial charge in [-0.1, -0.05) is 13.0 Å². The number of aryl methyl sites for hydroxylation is 1. The van der Waals surface area contributed by atoms with Crippen LogP contribution < -0.4 is 0 Å². The summed E-state index contributed by atoms with van der Waals surface area (Å²) in [6, 6.07) is 4.51. The summed E-state index contributed by atoms with van der Waals surface area (Å²) in [4.78, 5) is 15.4. The maximum atomic E-state index is 13.7. The minimum absolute atomic E-state index is 0.0495. The van der Waals surface area contributed by atoms with Gasteiger partial charge < -0.3 is 9.15 Å². The van der Waals surface area contributed by atoms with Crippen LogP contribution >= 0.6 is 11.8 Å². The predicted molar refractivity (Wildman–Crippen MR) is 78.6 cm³/mol. The molecule has 0 amide bonds. The Morgan fingerprint density at radius 3 is 2.86 bits per heavy atom. The lowest BCUT2D eigenvalue weighted by atomic mass is 10.1. The van der Waals surface area contributed by atoms with Crippen LogP contribution in [-0.4, -0.2) is 18.1 Å². The fourth-order valence-corrected chi connectivity index (χ4v) is 2.58. The monoisotopic (exact) mass is 309 g/mol. The van der Waals surface area contributed by atoms with E-state index >= 15 is 0 Å². The van der Waals surface area contributed by atoms with Crippen molar-refractivity contribution in [1.82, 2.24) is 4.98 Å². The molecule has 0 atom stereocenters. The van der Waals surface area contributed by atoms with Crippen molar-refractivity contribution >= 4 is 17.7 Å². The van der Waals surface area contributed by atoms with Crippen molar-refractivity contribution in [3.8, 4) is 0 Å². The number of methoxy groups -OCH3 is 1. The number of thioether (sulfide) groups is 1. The number of carbonyl (C=O) groups is 1. The van der Waals surface area contributed by atoms with Gasteiger partial charge in [-0.15, -0.1) is 11.8 Å². The number of halogens is 1. The molecule has 1 aromatic heterocycles. The molecule has 0 bridgehead atoms. The first-order valence-corrected chi connectivity index (χ1v) is 7.67. The summed E-state index contributed by atoms with van der Waals surface area (Å²) < 4.78 is 23.7. The molecule has 0 radical (unpaired) electrons. The lowest BCUT2D eigenvalue weighted by molar-refractivity contribution is 0.0595. The fourth-order valence-electron chi connectivity index (χ4n) is 1.76. The Bertz CT molecular complexity index is 627. The fraction of sp³-hybridized carbons (Fsp3) is 0.333. The summed E-state index contributed by atoms with van der Waals surface area (Å²) in [5, 5.41) is 0. The average Bonchev–Trinajstić information content (AvgIpc) is 2.94. The Morgan fingerprint density at radius 1 is 1.43 bits per heavy atom. The zero-order valence-corrected chi connectivity index (χ0v) is 12.7. The molecule has 0 aliphatic rings. The number of oxazole rings is 1. The van der Waals surface area contributed by atoms with Crippen molar-refractivity contribution in [3.05, 3.63) is 53.0 Å². The molecule has 0 aliphatic carbocycles. The van der Waals surface area contributed by atoms with Crippen molar-refractivity contribution < 1.29 is 18.3 Å². The zero-order chi connectivity index (χ0) is 15.2. The third kappa shape index (κ3) is 4.07. The Labute approximate surface area is 126 Å². The Morgan fingerprint density at radius 2 is 2.24 bits per heavy atom. The highest BCUT2D eigenvalue weighted by Crippen LogP contribution is 2.20. The van der Waals surface area contributed by atoms with Crippen molar-refractivity contribution in [2.24, 2.45) is 0 Å². The van der Waals surface area contributed by atoms with E-state index in [4.69, 9.17) is 4.42 Å². The lowest BCUT2D eigenvalue weighted by Crippen LogP contribution is -2.04. The third-order valence-electron chi connectivity index (χ3n) is 2.88. The molecular formula is C15H16FNO3S. The van der Waals surface area contributed by atoms with Gasteiger partial charge in [-0.05, 0) is 17.7 Å². The lowest BCUT2D eigenvalue weighted by Gasteiger charge is -2.04. The number of nitrogens with zero attached hydrogens (tertiary/aromatic N) is 1. The van der Waals surface area contributed by atoms with E-state index in [1.807, 2.05) is 6.92 Å². The van der Waals surface area contributed by atoms with Gasteiger partial charge in [0.05, 0.1) is 24.6 Å². The minimum atomic E-state index is -0.668. The van der Waals surface area contributed by atoms with Gasteiger partial charge in [-0.25, -0.2) is 14.2 Å². The van der Waals surface area contributed by atoms with Crippen molar-refractivity contribution in [3.63, 3.8) is 0 Å².